The first-order valence-electron chi connectivity index (χ1n) is 4.51. The molecule has 0 aliphatic carbocycles. The minimum atomic E-state index is 0.969. The van der Waals surface area contributed by atoms with Gasteiger partial charge in [-0.15, -0.1) is 0 Å². The van der Waals surface area contributed by atoms with Crippen LogP contribution in [-0.4, -0.2) is 10.9 Å². The second kappa shape index (κ2) is 2.73. The monoisotopic (exact) mass is 183 g/mol. The summed E-state index contributed by atoms with van der Waals surface area (Å²) in [4.78, 5) is 4.39. The van der Waals surface area contributed by atoms with Crippen molar-refractivity contribution in [2.75, 3.05) is 5.43 Å². The van der Waals surface area contributed by atoms with Crippen LogP contribution >= 0.6 is 0 Å². The maximum atomic E-state index is 4.39. The van der Waals surface area contributed by atoms with E-state index in [4.69, 9.17) is 0 Å². The quantitative estimate of drug-likeness (QED) is 0.569. The molecule has 1 aromatic carbocycles. The van der Waals surface area contributed by atoms with E-state index in [1.54, 1.807) is 0 Å². The predicted molar refractivity (Wildman–Crippen MR) is 57.1 cm³/mol. The Morgan fingerprint density at radius 1 is 1.07 bits per heavy atom. The highest BCUT2D eigenvalue weighted by Gasteiger charge is 2.06. The molecule has 0 atom stereocenters. The molecule has 3 heteroatoms. The molecule has 1 aliphatic rings. The highest BCUT2D eigenvalue weighted by molar-refractivity contribution is 5.84. The number of benzene rings is 1. The minimum absolute atomic E-state index is 0.969. The SMILES string of the molecule is C1=Nc2ccccc2Nn2cccc21. The predicted octanol–water partition coefficient (Wildman–Crippen LogP) is 2.43. The van der Waals surface area contributed by atoms with Crippen LogP contribution in [0.5, 0.6) is 0 Å². The highest BCUT2D eigenvalue weighted by Crippen LogP contribution is 2.26. The van der Waals surface area contributed by atoms with Crippen LogP contribution in [0.4, 0.5) is 11.4 Å². The standard InChI is InChI=1S/C11H9N3/c1-2-6-11-10(5-1)12-8-9-4-3-7-14(9)13-11/h1-8,13H. The second-order valence-corrected chi connectivity index (χ2v) is 3.19. The molecule has 1 aliphatic heterocycles. The number of nitrogens with one attached hydrogen (secondary N) is 1. The lowest BCUT2D eigenvalue weighted by atomic mass is 10.3. The lowest BCUT2D eigenvalue weighted by Gasteiger charge is -2.08. The van der Waals surface area contributed by atoms with E-state index in [1.165, 1.54) is 0 Å². The van der Waals surface area contributed by atoms with Gasteiger partial charge in [-0.1, -0.05) is 12.1 Å². The molecule has 0 fully saturated rings. The number of aromatic nitrogens is 1. The van der Waals surface area contributed by atoms with Crippen molar-refractivity contribution in [3.63, 3.8) is 0 Å². The van der Waals surface area contributed by atoms with Crippen LogP contribution in [-0.2, 0) is 0 Å². The summed E-state index contributed by atoms with van der Waals surface area (Å²) in [5, 5.41) is 0. The number of nitrogens with zero attached hydrogens (tertiary/aromatic N) is 2. The van der Waals surface area contributed by atoms with Crippen LogP contribution < -0.4 is 5.43 Å². The van der Waals surface area contributed by atoms with Gasteiger partial charge >= 0.3 is 0 Å². The minimum Gasteiger partial charge on any atom is -0.292 e. The molecule has 0 saturated carbocycles. The Kier molecular flexibility index (Phi) is 1.44. The zero-order chi connectivity index (χ0) is 9.38. The van der Waals surface area contributed by atoms with Crippen molar-refractivity contribution in [3.8, 4) is 0 Å². The van der Waals surface area contributed by atoms with E-state index in [2.05, 4.69) is 10.4 Å². The average Bonchev–Trinajstić information content (AvgIpc) is 2.58. The lowest BCUT2D eigenvalue weighted by Crippen LogP contribution is -2.08. The Balaban J connectivity index is 2.19. The summed E-state index contributed by atoms with van der Waals surface area (Å²) >= 11 is 0. The zero-order valence-electron chi connectivity index (χ0n) is 7.51. The van der Waals surface area contributed by atoms with Crippen LogP contribution in [0.3, 0.4) is 0 Å². The van der Waals surface area contributed by atoms with Crippen molar-refractivity contribution >= 4 is 17.6 Å². The zero-order valence-corrected chi connectivity index (χ0v) is 7.51. The molecule has 1 N–H and O–H groups in total. The fraction of sp³-hybridized carbons (Fsp3) is 0. The van der Waals surface area contributed by atoms with Gasteiger partial charge in [0.15, 0.2) is 0 Å². The van der Waals surface area contributed by atoms with Gasteiger partial charge in [0.05, 0.1) is 23.3 Å². The van der Waals surface area contributed by atoms with Gasteiger partial charge < -0.3 is 0 Å². The smallest absolute Gasteiger partial charge is 0.0880 e. The van der Waals surface area contributed by atoms with Crippen molar-refractivity contribution in [1.82, 2.24) is 4.68 Å². The molecule has 68 valence electrons. The van der Waals surface area contributed by atoms with E-state index in [9.17, 15) is 0 Å². The number of hydrogen-bond acceptors (Lipinski definition) is 2. The van der Waals surface area contributed by atoms with E-state index in [0.29, 0.717) is 0 Å². The summed E-state index contributed by atoms with van der Waals surface area (Å²) in [5.41, 5.74) is 6.33. The topological polar surface area (TPSA) is 29.3 Å². The van der Waals surface area contributed by atoms with Crippen molar-refractivity contribution in [2.45, 2.75) is 0 Å². The molecule has 1 aromatic heterocycles. The maximum Gasteiger partial charge on any atom is 0.0880 e. The summed E-state index contributed by atoms with van der Waals surface area (Å²) < 4.78 is 1.95. The van der Waals surface area contributed by atoms with Gasteiger partial charge in [0, 0.05) is 6.20 Å². The van der Waals surface area contributed by atoms with Gasteiger partial charge in [-0.05, 0) is 24.3 Å². The summed E-state index contributed by atoms with van der Waals surface area (Å²) in [6.07, 6.45) is 3.84. The van der Waals surface area contributed by atoms with E-state index in [-0.39, 0.29) is 0 Å². The first-order chi connectivity index (χ1) is 6.93. The van der Waals surface area contributed by atoms with Crippen LogP contribution in [0.2, 0.25) is 0 Å². The molecular formula is C11H9N3. The van der Waals surface area contributed by atoms with Crippen LogP contribution in [0.15, 0.2) is 47.6 Å². The molecule has 14 heavy (non-hydrogen) atoms. The molecule has 3 nitrogen and oxygen atoms in total. The van der Waals surface area contributed by atoms with Crippen LogP contribution in [0.25, 0.3) is 0 Å². The van der Waals surface area contributed by atoms with Crippen molar-refractivity contribution < 1.29 is 0 Å². The van der Waals surface area contributed by atoms with Gasteiger partial charge in [-0.3, -0.25) is 15.1 Å². The van der Waals surface area contributed by atoms with Crippen LogP contribution in [0, 0.1) is 0 Å². The number of fused-ring (bicyclic) bond motifs is 2. The van der Waals surface area contributed by atoms with Gasteiger partial charge in [0.2, 0.25) is 0 Å². The third-order valence-corrected chi connectivity index (χ3v) is 2.26. The third kappa shape index (κ3) is 1.03. The molecular weight excluding hydrogens is 174 g/mol. The van der Waals surface area contributed by atoms with Crippen molar-refractivity contribution in [2.24, 2.45) is 4.99 Å². The van der Waals surface area contributed by atoms with Crippen molar-refractivity contribution in [1.29, 1.82) is 0 Å². The molecule has 0 unspecified atom stereocenters. The Hall–Kier alpha value is -2.03. The van der Waals surface area contributed by atoms with Gasteiger partial charge in [-0.2, -0.15) is 0 Å². The fourth-order valence-electron chi connectivity index (χ4n) is 1.55. The number of anilines is 1. The average molecular weight is 183 g/mol. The fourth-order valence-corrected chi connectivity index (χ4v) is 1.55. The van der Waals surface area contributed by atoms with Gasteiger partial charge in [-0.25, -0.2) is 0 Å². The molecule has 2 aromatic rings. The Labute approximate surface area is 81.7 Å². The first kappa shape index (κ1) is 7.38. The largest absolute Gasteiger partial charge is 0.292 e. The Bertz CT molecular complexity index is 497. The maximum absolute atomic E-state index is 4.39. The molecule has 2 heterocycles. The Morgan fingerprint density at radius 3 is 3.00 bits per heavy atom. The van der Waals surface area contributed by atoms with Gasteiger partial charge in [0.1, 0.15) is 0 Å². The molecule has 0 spiro atoms. The van der Waals surface area contributed by atoms with E-state index in [0.717, 1.165) is 17.1 Å². The second-order valence-electron chi connectivity index (χ2n) is 3.19. The lowest BCUT2D eigenvalue weighted by molar-refractivity contribution is 0.967. The third-order valence-electron chi connectivity index (χ3n) is 2.26. The highest BCUT2D eigenvalue weighted by atomic mass is 15.4. The molecule has 0 bridgehead atoms. The van der Waals surface area contributed by atoms with E-state index < -0.39 is 0 Å². The first-order valence-corrected chi connectivity index (χ1v) is 4.51. The van der Waals surface area contributed by atoms with Crippen LogP contribution in [0.1, 0.15) is 5.69 Å². The molecule has 0 saturated heterocycles. The summed E-state index contributed by atoms with van der Waals surface area (Å²) in [6.45, 7) is 0. The molecule has 0 radical (unpaired) electrons. The summed E-state index contributed by atoms with van der Waals surface area (Å²) in [7, 11) is 0. The summed E-state index contributed by atoms with van der Waals surface area (Å²) in [5.74, 6) is 0. The molecule has 0 amide bonds. The number of rotatable bonds is 0. The number of aliphatic imine (C=N–C) groups is 1. The van der Waals surface area contributed by atoms with E-state index in [1.807, 2.05) is 53.5 Å². The summed E-state index contributed by atoms with van der Waals surface area (Å²) in [6, 6.07) is 12.0. The number of para-hydroxylation sites is 2. The normalized spacial score (nSPS) is 12.6. The van der Waals surface area contributed by atoms with Crippen molar-refractivity contribution in [3.05, 3.63) is 48.3 Å². The van der Waals surface area contributed by atoms with Gasteiger partial charge in [0.25, 0.3) is 0 Å². The van der Waals surface area contributed by atoms with E-state index >= 15 is 0 Å². The Morgan fingerprint density at radius 2 is 2.00 bits per heavy atom. The number of hydrogen-bond donors (Lipinski definition) is 1. The molecule has 3 rings (SSSR count).